The Labute approximate surface area is 126 Å². The molecule has 0 aliphatic rings. The summed E-state index contributed by atoms with van der Waals surface area (Å²) in [7, 11) is 3.32. The van der Waals surface area contributed by atoms with Crippen LogP contribution < -0.4 is 14.8 Å². The van der Waals surface area contributed by atoms with Crippen LogP contribution in [-0.4, -0.2) is 20.8 Å². The van der Waals surface area contributed by atoms with Crippen molar-refractivity contribution in [3.63, 3.8) is 0 Å². The second kappa shape index (κ2) is 6.68. The fourth-order valence-electron chi connectivity index (χ4n) is 2.54. The minimum absolute atomic E-state index is 0.0523. The average Bonchev–Trinajstić information content (AvgIpc) is 2.82. The molecule has 0 bridgehead atoms. The maximum absolute atomic E-state index is 5.67. The normalized spacial score (nSPS) is 12.2. The van der Waals surface area contributed by atoms with Gasteiger partial charge in [-0.05, 0) is 44.2 Å². The Hall–Kier alpha value is -1.94. The molecule has 0 fully saturated rings. The number of ether oxygens (including phenoxy) is 2. The predicted octanol–water partition coefficient (Wildman–Crippen LogP) is 3.61. The van der Waals surface area contributed by atoms with Gasteiger partial charge in [-0.2, -0.15) is 0 Å². The van der Waals surface area contributed by atoms with Crippen molar-refractivity contribution in [2.45, 2.75) is 26.8 Å². The van der Waals surface area contributed by atoms with Gasteiger partial charge in [-0.1, -0.05) is 6.92 Å². The summed E-state index contributed by atoms with van der Waals surface area (Å²) in [5.41, 5.74) is 2.24. The van der Waals surface area contributed by atoms with E-state index in [-0.39, 0.29) is 6.04 Å². The largest absolute Gasteiger partial charge is 0.497 e. The van der Waals surface area contributed by atoms with Crippen LogP contribution in [0.5, 0.6) is 11.5 Å². The molecule has 0 amide bonds. The van der Waals surface area contributed by atoms with E-state index in [4.69, 9.17) is 13.9 Å². The topological polar surface area (TPSA) is 43.6 Å². The first kappa shape index (κ1) is 15.4. The molecule has 2 rings (SSSR count). The Kier molecular flexibility index (Phi) is 4.91. The van der Waals surface area contributed by atoms with Crippen LogP contribution in [0.4, 0.5) is 0 Å². The molecule has 0 spiro atoms. The summed E-state index contributed by atoms with van der Waals surface area (Å²) in [6.45, 7) is 6.90. The Bertz CT molecular complexity index is 582. The summed E-state index contributed by atoms with van der Waals surface area (Å²) >= 11 is 0. The number of methoxy groups -OCH3 is 2. The van der Waals surface area contributed by atoms with E-state index in [0.29, 0.717) is 0 Å². The number of furan rings is 1. The van der Waals surface area contributed by atoms with Gasteiger partial charge in [0.25, 0.3) is 0 Å². The van der Waals surface area contributed by atoms with E-state index in [1.165, 1.54) is 0 Å². The van der Waals surface area contributed by atoms with Gasteiger partial charge in [0.15, 0.2) is 0 Å². The van der Waals surface area contributed by atoms with E-state index in [1.54, 1.807) is 14.2 Å². The highest BCUT2D eigenvalue weighted by Crippen LogP contribution is 2.32. The number of hydrogen-bond donors (Lipinski definition) is 1. The smallest absolute Gasteiger partial charge is 0.122 e. The molecule has 0 aliphatic carbocycles. The number of benzene rings is 1. The van der Waals surface area contributed by atoms with Crippen LogP contribution in [0.15, 0.2) is 28.7 Å². The van der Waals surface area contributed by atoms with Crippen LogP contribution in [0.25, 0.3) is 0 Å². The van der Waals surface area contributed by atoms with Gasteiger partial charge in [0.1, 0.15) is 23.0 Å². The number of nitrogens with one attached hydrogen (secondary N) is 1. The molecule has 1 N–H and O–H groups in total. The number of hydrogen-bond acceptors (Lipinski definition) is 4. The third-order valence-electron chi connectivity index (χ3n) is 3.51. The highest BCUT2D eigenvalue weighted by molar-refractivity contribution is 5.44. The van der Waals surface area contributed by atoms with Gasteiger partial charge in [0.05, 0.1) is 20.3 Å². The maximum atomic E-state index is 5.67. The second-order valence-corrected chi connectivity index (χ2v) is 5.01. The van der Waals surface area contributed by atoms with Crippen molar-refractivity contribution < 1.29 is 13.9 Å². The molecule has 4 heteroatoms. The Morgan fingerprint density at radius 3 is 2.10 bits per heavy atom. The van der Waals surface area contributed by atoms with Gasteiger partial charge in [-0.3, -0.25) is 0 Å². The number of rotatable bonds is 6. The standard InChI is InChI=1S/C17H23NO3/c1-6-18-17(16-7-11(2)21-12(16)3)13-8-14(19-4)10-15(9-13)20-5/h7-10,17-18H,6H2,1-5H3. The highest BCUT2D eigenvalue weighted by Gasteiger charge is 2.20. The van der Waals surface area contributed by atoms with Crippen molar-refractivity contribution in [1.82, 2.24) is 5.32 Å². The minimum Gasteiger partial charge on any atom is -0.497 e. The zero-order valence-corrected chi connectivity index (χ0v) is 13.3. The van der Waals surface area contributed by atoms with Gasteiger partial charge in [-0.15, -0.1) is 0 Å². The summed E-state index contributed by atoms with van der Waals surface area (Å²) in [6, 6.07) is 8.06. The first-order valence-corrected chi connectivity index (χ1v) is 7.12. The van der Waals surface area contributed by atoms with Gasteiger partial charge < -0.3 is 19.2 Å². The molecule has 0 radical (unpaired) electrons. The molecule has 1 heterocycles. The lowest BCUT2D eigenvalue weighted by molar-refractivity contribution is 0.392. The van der Waals surface area contributed by atoms with E-state index < -0.39 is 0 Å². The molecular weight excluding hydrogens is 266 g/mol. The van der Waals surface area contributed by atoms with Crippen LogP contribution in [-0.2, 0) is 0 Å². The molecule has 1 aromatic heterocycles. The van der Waals surface area contributed by atoms with E-state index in [9.17, 15) is 0 Å². The molecule has 1 unspecified atom stereocenters. The molecule has 2 aromatic rings. The summed E-state index contributed by atoms with van der Waals surface area (Å²) in [6.07, 6.45) is 0. The van der Waals surface area contributed by atoms with Gasteiger partial charge >= 0.3 is 0 Å². The van der Waals surface area contributed by atoms with Gasteiger partial charge in [0, 0.05) is 11.6 Å². The minimum atomic E-state index is 0.0523. The zero-order valence-electron chi connectivity index (χ0n) is 13.3. The van der Waals surface area contributed by atoms with E-state index in [2.05, 4.69) is 18.3 Å². The van der Waals surface area contributed by atoms with Crippen molar-refractivity contribution in [1.29, 1.82) is 0 Å². The molecule has 0 aliphatic heterocycles. The molecule has 21 heavy (non-hydrogen) atoms. The van der Waals surface area contributed by atoms with Crippen molar-refractivity contribution in [3.05, 3.63) is 46.9 Å². The second-order valence-electron chi connectivity index (χ2n) is 5.01. The summed E-state index contributed by atoms with van der Waals surface area (Å²) < 4.78 is 16.4. The molecule has 0 saturated carbocycles. The van der Waals surface area contributed by atoms with E-state index >= 15 is 0 Å². The first-order valence-electron chi connectivity index (χ1n) is 7.12. The summed E-state index contributed by atoms with van der Waals surface area (Å²) in [5.74, 6) is 3.41. The quantitative estimate of drug-likeness (QED) is 0.882. The molecular formula is C17H23NO3. The predicted molar refractivity (Wildman–Crippen MR) is 83.2 cm³/mol. The lowest BCUT2D eigenvalue weighted by Crippen LogP contribution is -2.22. The SMILES string of the molecule is CCNC(c1cc(OC)cc(OC)c1)c1cc(C)oc1C. The van der Waals surface area contributed by atoms with Gasteiger partial charge in [0.2, 0.25) is 0 Å². The fourth-order valence-corrected chi connectivity index (χ4v) is 2.54. The Balaban J connectivity index is 2.49. The van der Waals surface area contributed by atoms with Gasteiger partial charge in [-0.25, -0.2) is 0 Å². The summed E-state index contributed by atoms with van der Waals surface area (Å²) in [4.78, 5) is 0. The highest BCUT2D eigenvalue weighted by atomic mass is 16.5. The monoisotopic (exact) mass is 289 g/mol. The van der Waals surface area contributed by atoms with Crippen LogP contribution in [0.3, 0.4) is 0 Å². The third kappa shape index (κ3) is 3.39. The van der Waals surface area contributed by atoms with Crippen molar-refractivity contribution in [3.8, 4) is 11.5 Å². The number of aryl methyl sites for hydroxylation is 2. The van der Waals surface area contributed by atoms with Crippen molar-refractivity contribution in [2.75, 3.05) is 20.8 Å². The maximum Gasteiger partial charge on any atom is 0.122 e. The fraction of sp³-hybridized carbons (Fsp3) is 0.412. The molecule has 114 valence electrons. The lowest BCUT2D eigenvalue weighted by atomic mass is 9.98. The van der Waals surface area contributed by atoms with E-state index in [0.717, 1.165) is 40.7 Å². The molecule has 0 saturated heterocycles. The summed E-state index contributed by atoms with van der Waals surface area (Å²) in [5, 5.41) is 3.50. The lowest BCUT2D eigenvalue weighted by Gasteiger charge is -2.19. The van der Waals surface area contributed by atoms with Crippen LogP contribution >= 0.6 is 0 Å². The zero-order chi connectivity index (χ0) is 15.4. The molecule has 1 aromatic carbocycles. The van der Waals surface area contributed by atoms with Crippen molar-refractivity contribution in [2.24, 2.45) is 0 Å². The average molecular weight is 289 g/mol. The Morgan fingerprint density at radius 1 is 1.05 bits per heavy atom. The van der Waals surface area contributed by atoms with Crippen molar-refractivity contribution >= 4 is 0 Å². The third-order valence-corrected chi connectivity index (χ3v) is 3.51. The molecule has 1 atom stereocenters. The van der Waals surface area contributed by atoms with Crippen LogP contribution in [0.1, 0.15) is 35.6 Å². The first-order chi connectivity index (χ1) is 10.1. The van der Waals surface area contributed by atoms with E-state index in [1.807, 2.05) is 32.0 Å². The van der Waals surface area contributed by atoms with Crippen LogP contribution in [0.2, 0.25) is 0 Å². The Morgan fingerprint density at radius 2 is 1.67 bits per heavy atom. The van der Waals surface area contributed by atoms with Crippen LogP contribution in [0, 0.1) is 13.8 Å². The molecule has 4 nitrogen and oxygen atoms in total.